The van der Waals surface area contributed by atoms with Crippen LogP contribution in [0.1, 0.15) is 0 Å². The molecule has 0 fully saturated rings. The highest BCUT2D eigenvalue weighted by Crippen LogP contribution is 2.20. The molecule has 0 aromatic carbocycles. The van der Waals surface area contributed by atoms with Gasteiger partial charge in [0.1, 0.15) is 11.0 Å². The van der Waals surface area contributed by atoms with E-state index in [0.717, 1.165) is 0 Å². The Labute approximate surface area is 90.2 Å². The van der Waals surface area contributed by atoms with Crippen LogP contribution in [0.4, 0.5) is 0 Å². The van der Waals surface area contributed by atoms with Crippen molar-refractivity contribution in [1.29, 1.82) is 0 Å². The SMILES string of the molecule is COC(=O)COc1c[nH]c2c(=O)cc[nH]c12. The van der Waals surface area contributed by atoms with Crippen molar-refractivity contribution in [2.24, 2.45) is 0 Å². The van der Waals surface area contributed by atoms with Gasteiger partial charge in [0.05, 0.1) is 7.11 Å². The molecule has 0 aliphatic carbocycles. The maximum Gasteiger partial charge on any atom is 0.343 e. The normalized spacial score (nSPS) is 10.3. The first-order valence-electron chi connectivity index (χ1n) is 4.61. The lowest BCUT2D eigenvalue weighted by Gasteiger charge is -2.02. The molecule has 6 heteroatoms. The molecule has 0 atom stereocenters. The van der Waals surface area contributed by atoms with Crippen molar-refractivity contribution < 1.29 is 14.3 Å². The van der Waals surface area contributed by atoms with Crippen molar-refractivity contribution in [3.05, 3.63) is 28.7 Å². The number of aromatic amines is 2. The second kappa shape index (κ2) is 4.09. The van der Waals surface area contributed by atoms with Gasteiger partial charge in [-0.3, -0.25) is 4.79 Å². The van der Waals surface area contributed by atoms with Crippen molar-refractivity contribution in [3.8, 4) is 5.75 Å². The molecule has 0 bridgehead atoms. The van der Waals surface area contributed by atoms with Crippen LogP contribution in [0.5, 0.6) is 5.75 Å². The van der Waals surface area contributed by atoms with Crippen LogP contribution in [0.25, 0.3) is 11.0 Å². The molecule has 0 unspecified atom stereocenters. The van der Waals surface area contributed by atoms with Crippen LogP contribution in [0.15, 0.2) is 23.3 Å². The number of carbonyl (C=O) groups is 1. The average Bonchev–Trinajstić information content (AvgIpc) is 2.70. The molecule has 0 aliphatic heterocycles. The van der Waals surface area contributed by atoms with Gasteiger partial charge >= 0.3 is 5.97 Å². The third-order valence-corrected chi connectivity index (χ3v) is 2.13. The van der Waals surface area contributed by atoms with E-state index < -0.39 is 5.97 Å². The maximum atomic E-state index is 11.4. The van der Waals surface area contributed by atoms with Crippen LogP contribution in [-0.4, -0.2) is 29.7 Å². The standard InChI is InChI=1S/C10H10N2O4/c1-15-8(14)5-16-7-4-12-9-6(13)2-3-11-10(7)9/h2-4,12H,5H2,1H3,(H,11,13). The molecular formula is C10H10N2O4. The lowest BCUT2D eigenvalue weighted by molar-refractivity contribution is -0.142. The fourth-order valence-electron chi connectivity index (χ4n) is 1.34. The summed E-state index contributed by atoms with van der Waals surface area (Å²) in [5.41, 5.74) is 0.820. The van der Waals surface area contributed by atoms with Gasteiger partial charge in [0.15, 0.2) is 12.4 Å². The number of hydrogen-bond donors (Lipinski definition) is 2. The van der Waals surface area contributed by atoms with Gasteiger partial charge in [-0.05, 0) is 0 Å². The van der Waals surface area contributed by atoms with E-state index in [-0.39, 0.29) is 12.0 Å². The number of carbonyl (C=O) groups excluding carboxylic acids is 1. The molecular weight excluding hydrogens is 212 g/mol. The van der Waals surface area contributed by atoms with E-state index in [9.17, 15) is 9.59 Å². The van der Waals surface area contributed by atoms with Crippen LogP contribution >= 0.6 is 0 Å². The fraction of sp³-hybridized carbons (Fsp3) is 0.200. The Bertz CT molecular complexity index is 569. The maximum absolute atomic E-state index is 11.4. The summed E-state index contributed by atoms with van der Waals surface area (Å²) >= 11 is 0. The molecule has 0 radical (unpaired) electrons. The monoisotopic (exact) mass is 222 g/mol. The van der Waals surface area contributed by atoms with Crippen molar-refractivity contribution in [2.45, 2.75) is 0 Å². The number of nitrogens with one attached hydrogen (secondary N) is 2. The molecule has 2 heterocycles. The Morgan fingerprint density at radius 3 is 2.94 bits per heavy atom. The largest absolute Gasteiger partial charge is 0.478 e. The first kappa shape index (κ1) is 10.3. The number of fused-ring (bicyclic) bond motifs is 1. The summed E-state index contributed by atoms with van der Waals surface area (Å²) in [5.74, 6) is -0.0641. The Balaban J connectivity index is 2.29. The molecule has 0 spiro atoms. The smallest absolute Gasteiger partial charge is 0.343 e. The third kappa shape index (κ3) is 1.77. The van der Waals surface area contributed by atoms with Gasteiger partial charge in [0.25, 0.3) is 0 Å². The third-order valence-electron chi connectivity index (χ3n) is 2.13. The van der Waals surface area contributed by atoms with E-state index in [1.54, 1.807) is 0 Å². The summed E-state index contributed by atoms with van der Waals surface area (Å²) in [4.78, 5) is 27.9. The van der Waals surface area contributed by atoms with Crippen LogP contribution in [0.3, 0.4) is 0 Å². The zero-order chi connectivity index (χ0) is 11.5. The Kier molecular flexibility index (Phi) is 2.63. The minimum Gasteiger partial charge on any atom is -0.478 e. The Hall–Kier alpha value is -2.24. The quantitative estimate of drug-likeness (QED) is 0.736. The number of pyridine rings is 1. The number of aromatic nitrogens is 2. The van der Waals surface area contributed by atoms with Gasteiger partial charge in [0.2, 0.25) is 5.43 Å². The predicted octanol–water partition coefficient (Wildman–Crippen LogP) is 0.408. The van der Waals surface area contributed by atoms with Gasteiger partial charge in [-0.25, -0.2) is 4.79 Å². The van der Waals surface area contributed by atoms with E-state index in [0.29, 0.717) is 16.8 Å². The van der Waals surface area contributed by atoms with E-state index in [1.807, 2.05) is 0 Å². The number of methoxy groups -OCH3 is 1. The number of hydrogen-bond acceptors (Lipinski definition) is 4. The number of ether oxygens (including phenoxy) is 2. The number of esters is 1. The van der Waals surface area contributed by atoms with Gasteiger partial charge < -0.3 is 19.4 Å². The molecule has 2 aromatic heterocycles. The van der Waals surface area contributed by atoms with Crippen molar-refractivity contribution in [1.82, 2.24) is 9.97 Å². The predicted molar refractivity (Wildman–Crippen MR) is 56.4 cm³/mol. The summed E-state index contributed by atoms with van der Waals surface area (Å²) in [6, 6.07) is 1.41. The Morgan fingerprint density at radius 2 is 2.19 bits per heavy atom. The van der Waals surface area contributed by atoms with Gasteiger partial charge in [-0.15, -0.1) is 0 Å². The van der Waals surface area contributed by atoms with Gasteiger partial charge in [0, 0.05) is 18.5 Å². The zero-order valence-corrected chi connectivity index (χ0v) is 8.57. The summed E-state index contributed by atoms with van der Waals surface area (Å²) in [6.45, 7) is -0.194. The van der Waals surface area contributed by atoms with Crippen LogP contribution in [0, 0.1) is 0 Å². The van der Waals surface area contributed by atoms with Crippen LogP contribution < -0.4 is 10.2 Å². The Morgan fingerprint density at radius 1 is 1.38 bits per heavy atom. The molecule has 16 heavy (non-hydrogen) atoms. The van der Waals surface area contributed by atoms with E-state index in [1.165, 1.54) is 25.6 Å². The van der Waals surface area contributed by atoms with E-state index in [4.69, 9.17) is 4.74 Å². The summed E-state index contributed by atoms with van der Waals surface area (Å²) in [7, 11) is 1.28. The highest BCUT2D eigenvalue weighted by molar-refractivity contribution is 5.82. The van der Waals surface area contributed by atoms with Crippen molar-refractivity contribution >= 4 is 17.0 Å². The first-order valence-corrected chi connectivity index (χ1v) is 4.61. The van der Waals surface area contributed by atoms with Crippen LogP contribution in [0.2, 0.25) is 0 Å². The van der Waals surface area contributed by atoms with E-state index in [2.05, 4.69) is 14.7 Å². The number of rotatable bonds is 3. The summed E-state index contributed by atoms with van der Waals surface area (Å²) < 4.78 is 9.63. The number of H-pyrrole nitrogens is 2. The zero-order valence-electron chi connectivity index (χ0n) is 8.57. The molecule has 0 saturated heterocycles. The summed E-state index contributed by atoms with van der Waals surface area (Å²) in [6.07, 6.45) is 3.04. The second-order valence-electron chi connectivity index (χ2n) is 3.11. The van der Waals surface area contributed by atoms with E-state index >= 15 is 0 Å². The van der Waals surface area contributed by atoms with Gasteiger partial charge in [-0.2, -0.15) is 0 Å². The highest BCUT2D eigenvalue weighted by Gasteiger charge is 2.09. The molecule has 0 aliphatic rings. The van der Waals surface area contributed by atoms with Crippen molar-refractivity contribution in [3.63, 3.8) is 0 Å². The average molecular weight is 222 g/mol. The molecule has 6 nitrogen and oxygen atoms in total. The minimum absolute atomic E-state index is 0.137. The highest BCUT2D eigenvalue weighted by atomic mass is 16.6. The minimum atomic E-state index is -0.479. The molecule has 2 N–H and O–H groups in total. The lowest BCUT2D eigenvalue weighted by atomic mass is 10.3. The van der Waals surface area contributed by atoms with Crippen LogP contribution in [-0.2, 0) is 9.53 Å². The first-order chi connectivity index (χ1) is 7.72. The molecule has 2 rings (SSSR count). The molecule has 2 aromatic rings. The summed E-state index contributed by atoms with van der Waals surface area (Å²) in [5, 5.41) is 0. The fourth-order valence-corrected chi connectivity index (χ4v) is 1.34. The second-order valence-corrected chi connectivity index (χ2v) is 3.11. The van der Waals surface area contributed by atoms with Gasteiger partial charge in [-0.1, -0.05) is 0 Å². The topological polar surface area (TPSA) is 84.2 Å². The molecule has 0 saturated carbocycles. The molecule has 0 amide bonds. The lowest BCUT2D eigenvalue weighted by Crippen LogP contribution is -2.12. The van der Waals surface area contributed by atoms with Crippen molar-refractivity contribution in [2.75, 3.05) is 13.7 Å². The molecule has 84 valence electrons.